The maximum absolute atomic E-state index is 10.7. The van der Waals surface area contributed by atoms with Crippen molar-refractivity contribution in [3.63, 3.8) is 0 Å². The Morgan fingerprint density at radius 3 is 1.49 bits per heavy atom. The second-order valence-electron chi connectivity index (χ2n) is 6.56. The quantitative estimate of drug-likeness (QED) is 0.236. The first-order valence-electron chi connectivity index (χ1n) is 9.92. The normalized spacial score (nSPS) is 10.4. The number of nitrogens with zero attached hydrogens (tertiary/aromatic N) is 1. The van der Waals surface area contributed by atoms with Gasteiger partial charge in [0.15, 0.2) is 10.1 Å². The Morgan fingerprint density at radius 1 is 0.771 bits per heavy atom. The van der Waals surface area contributed by atoms with Crippen LogP contribution in [0.3, 0.4) is 0 Å². The number of benzene rings is 2. The molecule has 0 aliphatic heterocycles. The molecule has 182 valence electrons. The van der Waals surface area contributed by atoms with E-state index < -0.39 is 15.6 Å². The average molecular weight is 503 g/mol. The first-order valence-corrected chi connectivity index (χ1v) is 11.3. The fraction of sp³-hybridized carbons (Fsp3) is 0.160. The van der Waals surface area contributed by atoms with E-state index in [1.54, 1.807) is 0 Å². The van der Waals surface area contributed by atoms with E-state index in [0.29, 0.717) is 13.2 Å². The Kier molecular flexibility index (Phi) is 10.2. The number of pyridine rings is 1. The van der Waals surface area contributed by atoms with Crippen LogP contribution in [0, 0.1) is 23.7 Å². The summed E-state index contributed by atoms with van der Waals surface area (Å²) >= 11 is 0. The standard InChI is InChI=1S/C24H20NO2.CHF3O3S/c1-25-21(13-9-19-26-23-15-4-2-5-16-23)11-8-12-22(25)14-10-20-27-24-17-6-3-7-18-24;2-1(3,4)8(5,6)7/h2-8,11-12,15-18H,19-20H2,1H3;(H,5,6,7)/q+1;/p-1. The largest absolute Gasteiger partial charge is 0.741 e. The van der Waals surface area contributed by atoms with Gasteiger partial charge in [-0.25, -0.2) is 8.42 Å². The molecule has 1 aromatic heterocycles. The van der Waals surface area contributed by atoms with Crippen LogP contribution < -0.4 is 14.0 Å². The van der Waals surface area contributed by atoms with Crippen molar-refractivity contribution in [2.45, 2.75) is 5.51 Å². The smallest absolute Gasteiger partial charge is 0.485 e. The minimum Gasteiger partial charge on any atom is -0.741 e. The number of hydrogen-bond acceptors (Lipinski definition) is 5. The third-order valence-corrected chi connectivity index (χ3v) is 4.62. The van der Waals surface area contributed by atoms with Crippen LogP contribution >= 0.6 is 0 Å². The maximum Gasteiger partial charge on any atom is 0.485 e. The van der Waals surface area contributed by atoms with Crippen molar-refractivity contribution >= 4 is 10.1 Å². The molecule has 0 atom stereocenters. The van der Waals surface area contributed by atoms with Crippen LogP contribution in [0.25, 0.3) is 0 Å². The maximum atomic E-state index is 10.7. The van der Waals surface area contributed by atoms with Crippen LogP contribution in [0.2, 0.25) is 0 Å². The van der Waals surface area contributed by atoms with Crippen molar-refractivity contribution < 1.29 is 40.2 Å². The van der Waals surface area contributed by atoms with Gasteiger partial charge in [0.25, 0.3) is 11.4 Å². The van der Waals surface area contributed by atoms with Crippen molar-refractivity contribution in [2.24, 2.45) is 7.05 Å². The molecule has 0 saturated carbocycles. The molecule has 0 aliphatic rings. The highest BCUT2D eigenvalue weighted by Gasteiger charge is 2.36. The molecule has 0 aliphatic carbocycles. The van der Waals surface area contributed by atoms with Gasteiger partial charge >= 0.3 is 5.51 Å². The molecular weight excluding hydrogens is 483 g/mol. The van der Waals surface area contributed by atoms with Crippen LogP contribution in [0.4, 0.5) is 13.2 Å². The number of rotatable bonds is 4. The highest BCUT2D eigenvalue weighted by Crippen LogP contribution is 2.20. The fourth-order valence-corrected chi connectivity index (χ4v) is 2.36. The molecule has 0 bridgehead atoms. The SMILES string of the molecule is C[n+]1c(C#CCOc2ccccc2)cccc1C#CCOc1ccccc1.O=S(=O)([O-])C(F)(F)F. The Morgan fingerprint density at radius 2 is 1.14 bits per heavy atom. The molecular formula is C25H20F3NO5S. The van der Waals surface area contributed by atoms with E-state index in [4.69, 9.17) is 22.4 Å². The summed E-state index contributed by atoms with van der Waals surface area (Å²) in [6.07, 6.45) is 0. The molecule has 0 fully saturated rings. The summed E-state index contributed by atoms with van der Waals surface area (Å²) < 4.78 is 72.1. The van der Waals surface area contributed by atoms with Crippen molar-refractivity contribution in [1.82, 2.24) is 0 Å². The van der Waals surface area contributed by atoms with Crippen molar-refractivity contribution in [3.8, 4) is 35.2 Å². The van der Waals surface area contributed by atoms with Gasteiger partial charge in [0.2, 0.25) is 0 Å². The first-order chi connectivity index (χ1) is 16.6. The summed E-state index contributed by atoms with van der Waals surface area (Å²) in [6, 6.07) is 25.2. The Hall–Kier alpha value is -3.99. The summed E-state index contributed by atoms with van der Waals surface area (Å²) in [4.78, 5) is 0. The highest BCUT2D eigenvalue weighted by atomic mass is 32.2. The fourth-order valence-electron chi connectivity index (χ4n) is 2.36. The van der Waals surface area contributed by atoms with Gasteiger partial charge in [-0.1, -0.05) is 48.2 Å². The summed E-state index contributed by atoms with van der Waals surface area (Å²) in [5.41, 5.74) is -3.89. The van der Waals surface area contributed by atoms with Gasteiger partial charge in [-0.15, -0.1) is 0 Å². The number of ether oxygens (including phenoxy) is 2. The molecule has 10 heteroatoms. The predicted molar refractivity (Wildman–Crippen MR) is 121 cm³/mol. The van der Waals surface area contributed by atoms with Gasteiger partial charge in [0, 0.05) is 24.0 Å². The van der Waals surface area contributed by atoms with E-state index in [2.05, 4.69) is 23.7 Å². The minimum atomic E-state index is -6.09. The molecule has 0 amide bonds. The average Bonchev–Trinajstić information content (AvgIpc) is 2.82. The Balaban J connectivity index is 0.000000466. The zero-order chi connectivity index (χ0) is 25.7. The molecule has 1 heterocycles. The summed E-state index contributed by atoms with van der Waals surface area (Å²) in [6.45, 7) is 0.676. The van der Waals surface area contributed by atoms with Gasteiger partial charge in [-0.3, -0.25) is 0 Å². The monoisotopic (exact) mass is 503 g/mol. The van der Waals surface area contributed by atoms with Crippen LogP contribution in [0.1, 0.15) is 11.4 Å². The number of para-hydroxylation sites is 2. The van der Waals surface area contributed by atoms with E-state index in [-0.39, 0.29) is 0 Å². The number of alkyl halides is 3. The molecule has 0 radical (unpaired) electrons. The van der Waals surface area contributed by atoms with E-state index >= 15 is 0 Å². The van der Waals surface area contributed by atoms with Crippen LogP contribution in [0.15, 0.2) is 78.9 Å². The predicted octanol–water partition coefficient (Wildman–Crippen LogP) is 3.42. The molecule has 3 rings (SSSR count). The number of aromatic nitrogens is 1. The lowest BCUT2D eigenvalue weighted by molar-refractivity contribution is -0.676. The third-order valence-electron chi connectivity index (χ3n) is 4.06. The lowest BCUT2D eigenvalue weighted by Gasteiger charge is -2.08. The van der Waals surface area contributed by atoms with E-state index in [0.717, 1.165) is 22.9 Å². The number of hydrogen-bond donors (Lipinski definition) is 0. The first kappa shape index (κ1) is 27.3. The summed E-state index contributed by atoms with van der Waals surface area (Å²) in [5.74, 6) is 14.0. The summed E-state index contributed by atoms with van der Waals surface area (Å²) in [5, 5.41) is 0. The van der Waals surface area contributed by atoms with Gasteiger partial charge in [0.1, 0.15) is 31.8 Å². The molecule has 0 N–H and O–H groups in total. The lowest BCUT2D eigenvalue weighted by atomic mass is 10.2. The second-order valence-corrected chi connectivity index (χ2v) is 7.93. The van der Waals surface area contributed by atoms with E-state index in [1.165, 1.54) is 0 Å². The van der Waals surface area contributed by atoms with Crippen molar-refractivity contribution in [3.05, 3.63) is 90.3 Å². The highest BCUT2D eigenvalue weighted by molar-refractivity contribution is 7.86. The molecule has 0 spiro atoms. The Bertz CT molecular complexity index is 1240. The molecule has 0 saturated heterocycles. The molecule has 3 aromatic rings. The number of halogens is 3. The van der Waals surface area contributed by atoms with Crippen molar-refractivity contribution in [2.75, 3.05) is 13.2 Å². The Labute approximate surface area is 201 Å². The lowest BCUT2D eigenvalue weighted by Crippen LogP contribution is -2.36. The third kappa shape index (κ3) is 9.80. The van der Waals surface area contributed by atoms with Crippen molar-refractivity contribution in [1.29, 1.82) is 0 Å². The van der Waals surface area contributed by atoms with E-state index in [9.17, 15) is 13.2 Å². The van der Waals surface area contributed by atoms with Gasteiger partial charge < -0.3 is 14.0 Å². The summed E-state index contributed by atoms with van der Waals surface area (Å²) in [7, 11) is -4.14. The zero-order valence-corrected chi connectivity index (χ0v) is 19.3. The van der Waals surface area contributed by atoms with Crippen LogP contribution in [0.5, 0.6) is 11.5 Å². The second kappa shape index (κ2) is 13.0. The molecule has 6 nitrogen and oxygen atoms in total. The van der Waals surface area contributed by atoms with Gasteiger partial charge in [-0.05, 0) is 30.3 Å². The topological polar surface area (TPSA) is 79.5 Å². The van der Waals surface area contributed by atoms with Gasteiger partial charge in [-0.2, -0.15) is 17.7 Å². The molecule has 2 aromatic carbocycles. The van der Waals surface area contributed by atoms with Gasteiger partial charge in [0.05, 0.1) is 0 Å². The van der Waals surface area contributed by atoms with Crippen LogP contribution in [-0.4, -0.2) is 31.7 Å². The molecule has 0 unspecified atom stereocenters. The zero-order valence-electron chi connectivity index (χ0n) is 18.5. The minimum absolute atomic E-state index is 0.338. The van der Waals surface area contributed by atoms with E-state index in [1.807, 2.05) is 90.5 Å². The molecule has 35 heavy (non-hydrogen) atoms. The van der Waals surface area contributed by atoms with Crippen LogP contribution in [-0.2, 0) is 17.2 Å².